The molecular weight excluding hydrogens is 298 g/mol. The number of rotatable bonds is 3. The molecule has 0 unspecified atom stereocenters. The van der Waals surface area contributed by atoms with Crippen LogP contribution in [0.2, 0.25) is 0 Å². The van der Waals surface area contributed by atoms with E-state index >= 15 is 0 Å². The first-order valence-corrected chi connectivity index (χ1v) is 8.05. The molecule has 0 aliphatic carbocycles. The van der Waals surface area contributed by atoms with Crippen LogP contribution in [0, 0.1) is 15.5 Å². The van der Waals surface area contributed by atoms with Gasteiger partial charge in [-0.1, -0.05) is 18.2 Å². The molecule has 2 atom stereocenters. The molecule has 2 rings (SSSR count). The molecule has 114 valence electrons. The van der Waals surface area contributed by atoms with E-state index in [4.69, 9.17) is 4.74 Å². The Hall–Kier alpha value is -1.96. The molecule has 0 saturated carbocycles. The summed E-state index contributed by atoms with van der Waals surface area (Å²) in [5.74, 6) is -1.95. The number of nitrogens with zero attached hydrogens (tertiary/aromatic N) is 1. The van der Waals surface area contributed by atoms with E-state index < -0.39 is 43.2 Å². The van der Waals surface area contributed by atoms with Crippen molar-refractivity contribution < 1.29 is 22.9 Å². The summed E-state index contributed by atoms with van der Waals surface area (Å²) in [4.78, 5) is 23.0. The van der Waals surface area contributed by atoms with Crippen molar-refractivity contribution in [3.8, 4) is 5.75 Å². The summed E-state index contributed by atoms with van der Waals surface area (Å²) in [6, 6.07) is 8.05. The van der Waals surface area contributed by atoms with Crippen LogP contribution in [-0.4, -0.2) is 36.4 Å². The average Bonchev–Trinajstić information content (AvgIpc) is 2.58. The second-order valence-corrected chi connectivity index (χ2v) is 7.66. The Bertz CT molecular complexity index is 686. The predicted molar refractivity (Wildman–Crippen MR) is 74.2 cm³/mol. The highest BCUT2D eigenvalue weighted by atomic mass is 32.2. The van der Waals surface area contributed by atoms with Crippen molar-refractivity contribution in [2.45, 2.75) is 19.4 Å². The van der Waals surface area contributed by atoms with Gasteiger partial charge in [0.2, 0.25) is 5.54 Å². The molecule has 0 bridgehead atoms. The summed E-state index contributed by atoms with van der Waals surface area (Å²) in [7, 11) is -3.69. The lowest BCUT2D eigenvalue weighted by Gasteiger charge is -2.29. The number of nitro groups is 1. The number of hydrogen-bond acceptors (Lipinski definition) is 6. The first-order chi connectivity index (χ1) is 9.61. The van der Waals surface area contributed by atoms with E-state index in [1.807, 2.05) is 0 Å². The molecule has 1 fully saturated rings. The maximum atomic E-state index is 12.4. The number of esters is 1. The van der Waals surface area contributed by atoms with Crippen LogP contribution >= 0.6 is 0 Å². The molecular formula is C13H15NO6S. The topological polar surface area (TPSA) is 104 Å². The van der Waals surface area contributed by atoms with Gasteiger partial charge in [0, 0.05) is 11.8 Å². The third-order valence-electron chi connectivity index (χ3n) is 4.01. The lowest BCUT2D eigenvalue weighted by molar-refractivity contribution is -0.573. The molecule has 8 heteroatoms. The standard InChI is InChI=1S/C13H15NO6S/c1-12(11(15)20-10-6-4-3-5-7-10)8-21(18,19)9-13(12,2)14(16)17/h3-7H,8-9H2,1-2H3/t12-,13-/m0/s1. The van der Waals surface area contributed by atoms with E-state index in [9.17, 15) is 23.3 Å². The molecule has 0 spiro atoms. The van der Waals surface area contributed by atoms with E-state index in [1.54, 1.807) is 18.2 Å². The molecule has 1 saturated heterocycles. The minimum absolute atomic E-state index is 0.221. The zero-order valence-corrected chi connectivity index (χ0v) is 12.4. The van der Waals surface area contributed by atoms with Crippen LogP contribution in [0.4, 0.5) is 0 Å². The van der Waals surface area contributed by atoms with Crippen LogP contribution in [0.5, 0.6) is 5.75 Å². The molecule has 21 heavy (non-hydrogen) atoms. The number of ether oxygens (including phenoxy) is 1. The number of carbonyl (C=O) groups excluding carboxylic acids is 1. The number of benzene rings is 1. The molecule has 7 nitrogen and oxygen atoms in total. The number of hydrogen-bond donors (Lipinski definition) is 0. The summed E-state index contributed by atoms with van der Waals surface area (Å²) in [5.41, 5.74) is -3.64. The van der Waals surface area contributed by atoms with Crippen molar-refractivity contribution in [2.24, 2.45) is 5.41 Å². The highest BCUT2D eigenvalue weighted by Gasteiger charge is 2.69. The van der Waals surface area contributed by atoms with Crippen molar-refractivity contribution in [3.05, 3.63) is 40.4 Å². The van der Waals surface area contributed by atoms with Gasteiger partial charge in [0.25, 0.3) is 0 Å². The molecule has 0 N–H and O–H groups in total. The molecule has 1 aliphatic heterocycles. The fourth-order valence-corrected chi connectivity index (χ4v) is 5.17. The van der Waals surface area contributed by atoms with Crippen molar-refractivity contribution in [2.75, 3.05) is 11.5 Å². The van der Waals surface area contributed by atoms with Gasteiger partial charge in [-0.05, 0) is 19.1 Å². The molecule has 1 aromatic carbocycles. The lowest BCUT2D eigenvalue weighted by atomic mass is 9.75. The van der Waals surface area contributed by atoms with Gasteiger partial charge in [0.05, 0.1) is 5.75 Å². The zero-order valence-electron chi connectivity index (χ0n) is 11.6. The van der Waals surface area contributed by atoms with Gasteiger partial charge in [0.15, 0.2) is 9.84 Å². The summed E-state index contributed by atoms with van der Waals surface area (Å²) >= 11 is 0. The van der Waals surface area contributed by atoms with Gasteiger partial charge in [0.1, 0.15) is 16.9 Å². The lowest BCUT2D eigenvalue weighted by Crippen LogP contribution is -2.55. The van der Waals surface area contributed by atoms with Gasteiger partial charge >= 0.3 is 5.97 Å². The Morgan fingerprint density at radius 2 is 1.81 bits per heavy atom. The second kappa shape index (κ2) is 4.80. The Labute approximate surface area is 122 Å². The third-order valence-corrected chi connectivity index (χ3v) is 6.02. The predicted octanol–water partition coefficient (Wildman–Crippen LogP) is 1.06. The summed E-state index contributed by atoms with van der Waals surface area (Å²) in [6.45, 7) is 2.44. The molecule has 1 aromatic rings. The van der Waals surface area contributed by atoms with Gasteiger partial charge in [-0.2, -0.15) is 0 Å². The molecule has 0 radical (unpaired) electrons. The normalized spacial score (nSPS) is 30.8. The fourth-order valence-electron chi connectivity index (χ4n) is 2.48. The molecule has 0 aromatic heterocycles. The number of para-hydroxylation sites is 1. The van der Waals surface area contributed by atoms with Crippen LogP contribution in [0.15, 0.2) is 30.3 Å². The molecule has 0 amide bonds. The first kappa shape index (κ1) is 15.4. The highest BCUT2D eigenvalue weighted by Crippen LogP contribution is 2.44. The Morgan fingerprint density at radius 3 is 2.33 bits per heavy atom. The summed E-state index contributed by atoms with van der Waals surface area (Å²) in [5, 5.41) is 11.3. The maximum Gasteiger partial charge on any atom is 0.325 e. The summed E-state index contributed by atoms with van der Waals surface area (Å²) in [6.07, 6.45) is 0. The van der Waals surface area contributed by atoms with Crippen molar-refractivity contribution in [1.82, 2.24) is 0 Å². The van der Waals surface area contributed by atoms with E-state index in [1.165, 1.54) is 26.0 Å². The van der Waals surface area contributed by atoms with Crippen LogP contribution < -0.4 is 4.74 Å². The highest BCUT2D eigenvalue weighted by molar-refractivity contribution is 7.91. The smallest absolute Gasteiger partial charge is 0.325 e. The van der Waals surface area contributed by atoms with Gasteiger partial charge < -0.3 is 4.74 Å². The minimum atomic E-state index is -3.69. The fraction of sp³-hybridized carbons (Fsp3) is 0.462. The molecule has 1 aliphatic rings. The van der Waals surface area contributed by atoms with E-state index in [-0.39, 0.29) is 5.75 Å². The van der Waals surface area contributed by atoms with Crippen molar-refractivity contribution in [1.29, 1.82) is 0 Å². The van der Waals surface area contributed by atoms with E-state index in [0.717, 1.165) is 0 Å². The van der Waals surface area contributed by atoms with Gasteiger partial charge in [-0.15, -0.1) is 0 Å². The number of carbonyl (C=O) groups is 1. The Morgan fingerprint density at radius 1 is 1.24 bits per heavy atom. The van der Waals surface area contributed by atoms with Crippen LogP contribution in [0.3, 0.4) is 0 Å². The molecule has 1 heterocycles. The minimum Gasteiger partial charge on any atom is -0.426 e. The van der Waals surface area contributed by atoms with E-state index in [0.29, 0.717) is 0 Å². The van der Waals surface area contributed by atoms with Crippen LogP contribution in [-0.2, 0) is 14.6 Å². The zero-order chi connectivity index (χ0) is 15.9. The SMILES string of the molecule is C[C@@]1(C(=O)Oc2ccccc2)CS(=O)(=O)C[C@]1(C)[N+](=O)[O-]. The van der Waals surface area contributed by atoms with Crippen molar-refractivity contribution >= 4 is 15.8 Å². The largest absolute Gasteiger partial charge is 0.426 e. The van der Waals surface area contributed by atoms with Crippen molar-refractivity contribution in [3.63, 3.8) is 0 Å². The quantitative estimate of drug-likeness (QED) is 0.358. The maximum absolute atomic E-state index is 12.4. The third kappa shape index (κ3) is 2.51. The number of sulfone groups is 1. The Kier molecular flexibility index (Phi) is 3.53. The monoisotopic (exact) mass is 313 g/mol. The Balaban J connectivity index is 2.39. The summed E-state index contributed by atoms with van der Waals surface area (Å²) < 4.78 is 28.8. The second-order valence-electron chi connectivity index (χ2n) is 5.60. The van der Waals surface area contributed by atoms with Crippen LogP contribution in [0.1, 0.15) is 13.8 Å². The van der Waals surface area contributed by atoms with Gasteiger partial charge in [-0.25, -0.2) is 8.42 Å². The van der Waals surface area contributed by atoms with E-state index in [2.05, 4.69) is 0 Å². The van der Waals surface area contributed by atoms with Crippen LogP contribution in [0.25, 0.3) is 0 Å². The average molecular weight is 313 g/mol. The van der Waals surface area contributed by atoms with Gasteiger partial charge in [-0.3, -0.25) is 14.9 Å². The first-order valence-electron chi connectivity index (χ1n) is 6.23.